The van der Waals surface area contributed by atoms with Crippen molar-refractivity contribution in [3.63, 3.8) is 0 Å². The van der Waals surface area contributed by atoms with Crippen LogP contribution in [0.5, 0.6) is 5.88 Å². The maximum absolute atomic E-state index is 5.76. The highest BCUT2D eigenvalue weighted by Gasteiger charge is 2.19. The topological polar surface area (TPSA) is 77.8 Å². The van der Waals surface area contributed by atoms with Crippen LogP contribution in [0.2, 0.25) is 0 Å². The van der Waals surface area contributed by atoms with Crippen LogP contribution in [0.1, 0.15) is 43.8 Å². The Morgan fingerprint density at radius 1 is 1.10 bits per heavy atom. The maximum Gasteiger partial charge on any atom is 0.222 e. The van der Waals surface area contributed by atoms with Crippen LogP contribution in [0, 0.1) is 13.8 Å². The van der Waals surface area contributed by atoms with E-state index in [0.29, 0.717) is 19.0 Å². The van der Waals surface area contributed by atoms with Gasteiger partial charge in [-0.3, -0.25) is 9.67 Å². The van der Waals surface area contributed by atoms with E-state index in [1.807, 2.05) is 49.8 Å². The summed E-state index contributed by atoms with van der Waals surface area (Å²) in [6, 6.07) is 10.3. The Bertz CT molecular complexity index is 1210. The van der Waals surface area contributed by atoms with E-state index in [4.69, 9.17) is 14.8 Å². The minimum absolute atomic E-state index is 0.213. The van der Waals surface area contributed by atoms with Gasteiger partial charge in [0, 0.05) is 30.7 Å². The second-order valence-electron chi connectivity index (χ2n) is 7.82. The van der Waals surface area contributed by atoms with Gasteiger partial charge in [-0.15, -0.1) is 0 Å². The standard InChI is InChI=1S/C24H28N6O/c1-6-31-24-19(8-7-10-26-24)20-13-21(27-14-18-9-11-25-16(4)12-18)23-22(28-20)17(5)29-30(23)15(2)3/h7-13,15H,6,14H2,1-5H3,(H,27,28). The first-order chi connectivity index (χ1) is 15.0. The van der Waals surface area contributed by atoms with Crippen LogP contribution in [0.4, 0.5) is 5.69 Å². The van der Waals surface area contributed by atoms with E-state index in [-0.39, 0.29) is 6.04 Å². The van der Waals surface area contributed by atoms with Gasteiger partial charge in [-0.05, 0) is 70.5 Å². The Kier molecular flexibility index (Phi) is 5.84. The molecule has 4 rings (SSSR count). The Morgan fingerprint density at radius 2 is 1.94 bits per heavy atom. The molecular weight excluding hydrogens is 388 g/mol. The molecule has 7 nitrogen and oxygen atoms in total. The van der Waals surface area contributed by atoms with Crippen molar-refractivity contribution in [2.24, 2.45) is 0 Å². The van der Waals surface area contributed by atoms with Crippen LogP contribution in [0.3, 0.4) is 0 Å². The third kappa shape index (κ3) is 4.21. The number of aromatic nitrogens is 5. The van der Waals surface area contributed by atoms with Crippen molar-refractivity contribution < 1.29 is 4.74 Å². The first-order valence-electron chi connectivity index (χ1n) is 10.6. The number of nitrogens with zero attached hydrogens (tertiary/aromatic N) is 5. The highest BCUT2D eigenvalue weighted by atomic mass is 16.5. The molecule has 0 atom stereocenters. The molecule has 0 fully saturated rings. The molecule has 0 aliphatic heterocycles. The summed E-state index contributed by atoms with van der Waals surface area (Å²) >= 11 is 0. The van der Waals surface area contributed by atoms with Crippen molar-refractivity contribution in [3.05, 3.63) is 59.7 Å². The minimum atomic E-state index is 0.213. The predicted molar refractivity (Wildman–Crippen MR) is 123 cm³/mol. The van der Waals surface area contributed by atoms with E-state index >= 15 is 0 Å². The molecule has 0 spiro atoms. The molecule has 0 aliphatic rings. The lowest BCUT2D eigenvalue weighted by Gasteiger charge is -2.15. The Morgan fingerprint density at radius 3 is 2.68 bits per heavy atom. The summed E-state index contributed by atoms with van der Waals surface area (Å²) in [5.41, 5.74) is 7.61. The normalized spacial score (nSPS) is 11.3. The number of hydrogen-bond donors (Lipinski definition) is 1. The number of anilines is 1. The van der Waals surface area contributed by atoms with E-state index in [1.165, 1.54) is 5.56 Å². The Labute approximate surface area is 182 Å². The number of nitrogens with one attached hydrogen (secondary N) is 1. The van der Waals surface area contributed by atoms with E-state index in [2.05, 4.69) is 41.3 Å². The van der Waals surface area contributed by atoms with E-state index in [0.717, 1.165) is 39.4 Å². The van der Waals surface area contributed by atoms with Gasteiger partial charge in [-0.1, -0.05) is 0 Å². The van der Waals surface area contributed by atoms with Gasteiger partial charge in [-0.25, -0.2) is 9.97 Å². The maximum atomic E-state index is 5.76. The summed E-state index contributed by atoms with van der Waals surface area (Å²) in [6.45, 7) is 11.4. The molecular formula is C24H28N6O. The fourth-order valence-corrected chi connectivity index (χ4v) is 3.68. The molecule has 31 heavy (non-hydrogen) atoms. The quantitative estimate of drug-likeness (QED) is 0.452. The fraction of sp³-hybridized carbons (Fsp3) is 0.333. The number of hydrogen-bond acceptors (Lipinski definition) is 6. The van der Waals surface area contributed by atoms with Gasteiger partial charge in [-0.2, -0.15) is 5.10 Å². The van der Waals surface area contributed by atoms with Crippen LogP contribution in [0.25, 0.3) is 22.3 Å². The zero-order chi connectivity index (χ0) is 22.0. The number of aryl methyl sites for hydroxylation is 2. The highest BCUT2D eigenvalue weighted by Crippen LogP contribution is 2.34. The third-order valence-electron chi connectivity index (χ3n) is 5.08. The average Bonchev–Trinajstić information content (AvgIpc) is 3.10. The van der Waals surface area contributed by atoms with Gasteiger partial charge in [0.2, 0.25) is 5.88 Å². The SMILES string of the molecule is CCOc1ncccc1-c1cc(NCc2ccnc(C)c2)c2c(n1)c(C)nn2C(C)C. The molecule has 0 radical (unpaired) electrons. The second kappa shape index (κ2) is 8.71. The highest BCUT2D eigenvalue weighted by molar-refractivity contribution is 5.93. The summed E-state index contributed by atoms with van der Waals surface area (Å²) in [6.07, 6.45) is 3.58. The van der Waals surface area contributed by atoms with Crippen LogP contribution in [0.15, 0.2) is 42.7 Å². The van der Waals surface area contributed by atoms with Crippen LogP contribution in [-0.2, 0) is 6.54 Å². The minimum Gasteiger partial charge on any atom is -0.477 e. The van der Waals surface area contributed by atoms with Gasteiger partial charge in [0.25, 0.3) is 0 Å². The van der Waals surface area contributed by atoms with Crippen LogP contribution >= 0.6 is 0 Å². The van der Waals surface area contributed by atoms with Gasteiger partial charge in [0.05, 0.1) is 29.2 Å². The van der Waals surface area contributed by atoms with Gasteiger partial charge < -0.3 is 10.1 Å². The molecule has 0 saturated carbocycles. The molecule has 0 aliphatic carbocycles. The third-order valence-corrected chi connectivity index (χ3v) is 5.08. The van der Waals surface area contributed by atoms with E-state index in [9.17, 15) is 0 Å². The Hall–Kier alpha value is -3.48. The molecule has 4 heterocycles. The average molecular weight is 417 g/mol. The summed E-state index contributed by atoms with van der Waals surface area (Å²) in [7, 11) is 0. The largest absolute Gasteiger partial charge is 0.477 e. The second-order valence-corrected chi connectivity index (χ2v) is 7.82. The molecule has 7 heteroatoms. The molecule has 160 valence electrons. The van der Waals surface area contributed by atoms with E-state index in [1.54, 1.807) is 6.20 Å². The molecule has 0 saturated heterocycles. The van der Waals surface area contributed by atoms with Crippen LogP contribution in [-0.4, -0.2) is 31.3 Å². The van der Waals surface area contributed by atoms with Gasteiger partial charge in [0.15, 0.2) is 0 Å². The molecule has 0 unspecified atom stereocenters. The van der Waals surface area contributed by atoms with Gasteiger partial charge >= 0.3 is 0 Å². The molecule has 1 N–H and O–H groups in total. The Balaban J connectivity index is 1.85. The first-order valence-corrected chi connectivity index (χ1v) is 10.6. The molecule has 0 bridgehead atoms. The van der Waals surface area contributed by atoms with Crippen LogP contribution < -0.4 is 10.1 Å². The number of fused-ring (bicyclic) bond motifs is 1. The van der Waals surface area contributed by atoms with Crippen molar-refractivity contribution in [3.8, 4) is 17.1 Å². The van der Waals surface area contributed by atoms with E-state index < -0.39 is 0 Å². The van der Waals surface area contributed by atoms with Gasteiger partial charge in [0.1, 0.15) is 11.0 Å². The molecule has 0 amide bonds. The molecule has 4 aromatic heterocycles. The zero-order valence-corrected chi connectivity index (χ0v) is 18.7. The fourth-order valence-electron chi connectivity index (χ4n) is 3.68. The summed E-state index contributed by atoms with van der Waals surface area (Å²) in [5.74, 6) is 0.585. The lowest BCUT2D eigenvalue weighted by molar-refractivity contribution is 0.328. The zero-order valence-electron chi connectivity index (χ0n) is 18.7. The number of pyridine rings is 3. The summed E-state index contributed by atoms with van der Waals surface area (Å²) < 4.78 is 7.80. The number of ether oxygens (including phenoxy) is 1. The van der Waals surface area contributed by atoms with Crippen molar-refractivity contribution in [2.75, 3.05) is 11.9 Å². The smallest absolute Gasteiger partial charge is 0.222 e. The lowest BCUT2D eigenvalue weighted by Crippen LogP contribution is -2.07. The van der Waals surface area contributed by atoms with Crippen molar-refractivity contribution >= 4 is 16.7 Å². The monoisotopic (exact) mass is 416 g/mol. The summed E-state index contributed by atoms with van der Waals surface area (Å²) in [4.78, 5) is 13.7. The first kappa shape index (κ1) is 20.8. The lowest BCUT2D eigenvalue weighted by atomic mass is 10.1. The molecule has 0 aromatic carbocycles. The van der Waals surface area contributed by atoms with Crippen molar-refractivity contribution in [1.82, 2.24) is 24.7 Å². The predicted octanol–water partition coefficient (Wildman–Crippen LogP) is 5.10. The number of rotatable bonds is 7. The van der Waals surface area contributed by atoms with Crippen molar-refractivity contribution in [1.29, 1.82) is 0 Å². The van der Waals surface area contributed by atoms with Crippen molar-refractivity contribution in [2.45, 2.75) is 47.2 Å². The molecule has 4 aromatic rings. The summed E-state index contributed by atoms with van der Waals surface area (Å²) in [5, 5.41) is 8.38.